The molecule has 2 fully saturated rings. The molecule has 5 atom stereocenters. The third-order valence-electron chi connectivity index (χ3n) is 5.30. The summed E-state index contributed by atoms with van der Waals surface area (Å²) in [7, 11) is 0. The number of nitrogens with one attached hydrogen (secondary N) is 1. The largest absolute Gasteiger partial charge is 0.481 e. The molecule has 2 rings (SSSR count). The van der Waals surface area contributed by atoms with E-state index in [1.54, 1.807) is 0 Å². The predicted octanol–water partition coefficient (Wildman–Crippen LogP) is 1.79. The van der Waals surface area contributed by atoms with E-state index in [0.29, 0.717) is 25.3 Å². The standard InChI is InChI=1S/C16H27NO4/c1-2-10-7-12(13(8-10)16(20)21)15(19)17-9-11-5-3-4-6-14(11)18/h10-14,18H,2-9H2,1H3,(H,17,19)(H,20,21)/t10?,11?,12-,13+,14?/m0/s1. The SMILES string of the molecule is CCC1C[C@H](C(=O)NCC2CCCCC2O)[C@H](C(=O)O)C1. The van der Waals surface area contributed by atoms with Crippen LogP contribution in [0.15, 0.2) is 0 Å². The van der Waals surface area contributed by atoms with Gasteiger partial charge < -0.3 is 15.5 Å². The van der Waals surface area contributed by atoms with Crippen LogP contribution >= 0.6 is 0 Å². The fourth-order valence-corrected chi connectivity index (χ4v) is 3.83. The zero-order valence-corrected chi connectivity index (χ0v) is 12.8. The van der Waals surface area contributed by atoms with Gasteiger partial charge in [-0.1, -0.05) is 26.2 Å². The number of carbonyl (C=O) groups excluding carboxylic acids is 1. The van der Waals surface area contributed by atoms with Gasteiger partial charge in [0.2, 0.25) is 5.91 Å². The fraction of sp³-hybridized carbons (Fsp3) is 0.875. The topological polar surface area (TPSA) is 86.6 Å². The number of rotatable bonds is 5. The van der Waals surface area contributed by atoms with E-state index in [2.05, 4.69) is 5.32 Å². The Morgan fingerprint density at radius 3 is 2.43 bits per heavy atom. The Morgan fingerprint density at radius 1 is 1.14 bits per heavy atom. The Morgan fingerprint density at radius 2 is 1.81 bits per heavy atom. The molecule has 0 aliphatic heterocycles. The number of carbonyl (C=O) groups is 2. The molecule has 0 aromatic rings. The lowest BCUT2D eigenvalue weighted by molar-refractivity contribution is -0.146. The van der Waals surface area contributed by atoms with Crippen LogP contribution in [0.5, 0.6) is 0 Å². The van der Waals surface area contributed by atoms with Crippen LogP contribution in [-0.2, 0) is 9.59 Å². The van der Waals surface area contributed by atoms with E-state index in [9.17, 15) is 19.8 Å². The maximum absolute atomic E-state index is 12.3. The fourth-order valence-electron chi connectivity index (χ4n) is 3.83. The summed E-state index contributed by atoms with van der Waals surface area (Å²) in [6, 6.07) is 0. The van der Waals surface area contributed by atoms with Crippen molar-refractivity contribution in [2.24, 2.45) is 23.7 Å². The highest BCUT2D eigenvalue weighted by Gasteiger charge is 2.42. The minimum Gasteiger partial charge on any atom is -0.481 e. The van der Waals surface area contributed by atoms with Crippen molar-refractivity contribution >= 4 is 11.9 Å². The van der Waals surface area contributed by atoms with Gasteiger partial charge in [-0.25, -0.2) is 0 Å². The maximum atomic E-state index is 12.3. The van der Waals surface area contributed by atoms with Gasteiger partial charge in [-0.15, -0.1) is 0 Å². The lowest BCUT2D eigenvalue weighted by Crippen LogP contribution is -2.41. The van der Waals surface area contributed by atoms with Crippen molar-refractivity contribution in [3.63, 3.8) is 0 Å². The number of carboxylic acid groups (broad SMARTS) is 1. The van der Waals surface area contributed by atoms with Crippen LogP contribution in [-0.4, -0.2) is 34.7 Å². The van der Waals surface area contributed by atoms with Crippen molar-refractivity contribution in [1.29, 1.82) is 0 Å². The predicted molar refractivity (Wildman–Crippen MR) is 78.6 cm³/mol. The minimum atomic E-state index is -0.858. The molecule has 5 heteroatoms. The van der Waals surface area contributed by atoms with Crippen LogP contribution < -0.4 is 5.32 Å². The smallest absolute Gasteiger partial charge is 0.307 e. The van der Waals surface area contributed by atoms with Crippen LogP contribution in [0, 0.1) is 23.7 Å². The Kier molecular flexibility index (Phi) is 5.62. The summed E-state index contributed by atoms with van der Waals surface area (Å²) >= 11 is 0. The minimum absolute atomic E-state index is 0.120. The number of hydrogen-bond acceptors (Lipinski definition) is 3. The average molecular weight is 297 g/mol. The highest BCUT2D eigenvalue weighted by molar-refractivity contribution is 5.85. The second-order valence-electron chi connectivity index (χ2n) is 6.65. The summed E-state index contributed by atoms with van der Waals surface area (Å²) < 4.78 is 0. The van der Waals surface area contributed by atoms with Crippen molar-refractivity contribution in [1.82, 2.24) is 5.32 Å². The molecule has 21 heavy (non-hydrogen) atoms. The van der Waals surface area contributed by atoms with Crippen LogP contribution in [0.1, 0.15) is 51.9 Å². The van der Waals surface area contributed by atoms with Gasteiger partial charge in [0.1, 0.15) is 0 Å². The number of amides is 1. The molecule has 0 saturated heterocycles. The van der Waals surface area contributed by atoms with E-state index in [-0.39, 0.29) is 17.9 Å². The molecule has 0 aromatic carbocycles. The van der Waals surface area contributed by atoms with Gasteiger partial charge in [-0.3, -0.25) is 9.59 Å². The maximum Gasteiger partial charge on any atom is 0.307 e. The third-order valence-corrected chi connectivity index (χ3v) is 5.30. The Balaban J connectivity index is 1.88. The lowest BCUT2D eigenvalue weighted by atomic mass is 9.86. The van der Waals surface area contributed by atoms with Gasteiger partial charge in [0, 0.05) is 12.5 Å². The summed E-state index contributed by atoms with van der Waals surface area (Å²) in [5.74, 6) is -1.50. The van der Waals surface area contributed by atoms with Gasteiger partial charge in [-0.05, 0) is 31.6 Å². The number of aliphatic hydroxyl groups excluding tert-OH is 1. The first-order valence-electron chi connectivity index (χ1n) is 8.21. The number of aliphatic carboxylic acids is 1. The molecule has 2 aliphatic rings. The van der Waals surface area contributed by atoms with E-state index in [4.69, 9.17) is 0 Å². The van der Waals surface area contributed by atoms with Gasteiger partial charge in [0.05, 0.1) is 17.9 Å². The van der Waals surface area contributed by atoms with Gasteiger partial charge >= 0.3 is 5.97 Å². The zero-order valence-electron chi connectivity index (χ0n) is 12.8. The molecule has 3 N–H and O–H groups in total. The molecule has 0 aromatic heterocycles. The highest BCUT2D eigenvalue weighted by Crippen LogP contribution is 2.38. The first-order chi connectivity index (χ1) is 10.0. The van der Waals surface area contributed by atoms with Crippen molar-refractivity contribution < 1.29 is 19.8 Å². The molecule has 120 valence electrons. The van der Waals surface area contributed by atoms with Gasteiger partial charge in [0.15, 0.2) is 0 Å². The number of hydrogen-bond donors (Lipinski definition) is 3. The van der Waals surface area contributed by atoms with Crippen LogP contribution in [0.3, 0.4) is 0 Å². The lowest BCUT2D eigenvalue weighted by Gasteiger charge is -2.28. The van der Waals surface area contributed by atoms with Crippen molar-refractivity contribution in [3.05, 3.63) is 0 Å². The van der Waals surface area contributed by atoms with Crippen molar-refractivity contribution in [3.8, 4) is 0 Å². The molecule has 5 nitrogen and oxygen atoms in total. The summed E-state index contributed by atoms with van der Waals surface area (Å²) in [4.78, 5) is 23.6. The molecular weight excluding hydrogens is 270 g/mol. The monoisotopic (exact) mass is 297 g/mol. The summed E-state index contributed by atoms with van der Waals surface area (Å²) in [5, 5.41) is 22.1. The number of aliphatic hydroxyl groups is 1. The van der Waals surface area contributed by atoms with E-state index in [1.807, 2.05) is 6.92 Å². The average Bonchev–Trinajstić information content (AvgIpc) is 2.90. The van der Waals surface area contributed by atoms with E-state index in [1.165, 1.54) is 0 Å². The molecule has 0 bridgehead atoms. The first-order valence-corrected chi connectivity index (χ1v) is 8.21. The highest BCUT2D eigenvalue weighted by atomic mass is 16.4. The van der Waals surface area contributed by atoms with Crippen molar-refractivity contribution in [2.45, 2.75) is 58.0 Å². The molecule has 1 amide bonds. The van der Waals surface area contributed by atoms with E-state index < -0.39 is 17.8 Å². The zero-order chi connectivity index (χ0) is 15.4. The summed E-state index contributed by atoms with van der Waals surface area (Å²) in [5.41, 5.74) is 0. The summed E-state index contributed by atoms with van der Waals surface area (Å²) in [6.45, 7) is 2.52. The van der Waals surface area contributed by atoms with E-state index >= 15 is 0 Å². The van der Waals surface area contributed by atoms with Crippen LogP contribution in [0.25, 0.3) is 0 Å². The van der Waals surface area contributed by atoms with Gasteiger partial charge in [-0.2, -0.15) is 0 Å². The molecule has 3 unspecified atom stereocenters. The molecular formula is C16H27NO4. The Labute approximate surface area is 126 Å². The van der Waals surface area contributed by atoms with Crippen molar-refractivity contribution in [2.75, 3.05) is 6.54 Å². The second kappa shape index (κ2) is 7.25. The summed E-state index contributed by atoms with van der Waals surface area (Å²) in [6.07, 6.45) is 5.76. The molecule has 0 spiro atoms. The molecule has 2 saturated carbocycles. The van der Waals surface area contributed by atoms with E-state index in [0.717, 1.165) is 32.1 Å². The Hall–Kier alpha value is -1.10. The second-order valence-corrected chi connectivity index (χ2v) is 6.65. The molecule has 0 heterocycles. The quantitative estimate of drug-likeness (QED) is 0.722. The van der Waals surface area contributed by atoms with Gasteiger partial charge in [0.25, 0.3) is 0 Å². The Bertz CT molecular complexity index is 384. The molecule has 0 radical (unpaired) electrons. The van der Waals surface area contributed by atoms with Crippen LogP contribution in [0.2, 0.25) is 0 Å². The third kappa shape index (κ3) is 3.96. The normalized spacial score (nSPS) is 36.4. The van der Waals surface area contributed by atoms with Crippen LogP contribution in [0.4, 0.5) is 0 Å². The number of carboxylic acids is 1. The first kappa shape index (κ1) is 16.3. The molecule has 2 aliphatic carbocycles.